The molecular formula is C18H17N7OS. The molecule has 0 saturated heterocycles. The highest BCUT2D eigenvalue weighted by Gasteiger charge is 2.22. The zero-order valence-electron chi connectivity index (χ0n) is 14.5. The third-order valence-corrected chi connectivity index (χ3v) is 5.48. The fraction of sp³-hybridized carbons (Fsp3) is 0.167. The summed E-state index contributed by atoms with van der Waals surface area (Å²) in [6.45, 7) is 1.96. The van der Waals surface area contributed by atoms with Crippen LogP contribution in [-0.2, 0) is 4.79 Å². The minimum Gasteiger partial charge on any atom is -0.368 e. The van der Waals surface area contributed by atoms with Crippen LogP contribution in [0.1, 0.15) is 13.3 Å². The van der Waals surface area contributed by atoms with Gasteiger partial charge in [-0.2, -0.15) is 4.98 Å². The molecule has 27 heavy (non-hydrogen) atoms. The van der Waals surface area contributed by atoms with E-state index >= 15 is 0 Å². The summed E-state index contributed by atoms with van der Waals surface area (Å²) in [4.78, 5) is 32.5. The molecule has 1 aromatic carbocycles. The van der Waals surface area contributed by atoms with Crippen molar-refractivity contribution in [3.8, 4) is 0 Å². The fourth-order valence-electron chi connectivity index (χ4n) is 2.81. The molecule has 0 unspecified atom stereocenters. The van der Waals surface area contributed by atoms with Gasteiger partial charge in [0.2, 0.25) is 11.9 Å². The van der Waals surface area contributed by atoms with Crippen LogP contribution in [-0.4, -0.2) is 36.1 Å². The summed E-state index contributed by atoms with van der Waals surface area (Å²) in [6, 6.07) is 7.63. The van der Waals surface area contributed by atoms with Crippen LogP contribution < -0.4 is 11.1 Å². The number of nitrogens with one attached hydrogen (secondary N) is 2. The van der Waals surface area contributed by atoms with E-state index < -0.39 is 0 Å². The van der Waals surface area contributed by atoms with E-state index in [9.17, 15) is 4.79 Å². The van der Waals surface area contributed by atoms with E-state index in [2.05, 4.69) is 30.2 Å². The first-order chi connectivity index (χ1) is 13.2. The Kier molecular flexibility index (Phi) is 4.59. The first kappa shape index (κ1) is 17.2. The summed E-state index contributed by atoms with van der Waals surface area (Å²) in [5.74, 6) is 0.0329. The van der Waals surface area contributed by atoms with Gasteiger partial charge in [-0.15, -0.1) is 0 Å². The number of rotatable bonds is 5. The van der Waals surface area contributed by atoms with E-state index in [1.165, 1.54) is 18.1 Å². The lowest BCUT2D eigenvalue weighted by molar-refractivity contribution is -0.115. The van der Waals surface area contributed by atoms with Crippen molar-refractivity contribution in [1.82, 2.24) is 24.9 Å². The minimum absolute atomic E-state index is 0.100. The molecule has 9 heteroatoms. The van der Waals surface area contributed by atoms with Crippen LogP contribution in [0, 0.1) is 0 Å². The predicted octanol–water partition coefficient (Wildman–Crippen LogP) is 2.99. The molecule has 0 saturated carbocycles. The Hall–Kier alpha value is -3.20. The first-order valence-electron chi connectivity index (χ1n) is 8.42. The number of hydrogen-bond donors (Lipinski definition) is 3. The first-order valence-corrected chi connectivity index (χ1v) is 9.30. The van der Waals surface area contributed by atoms with Crippen LogP contribution in [0.4, 0.5) is 11.6 Å². The number of imidazole rings is 1. The molecule has 3 aromatic heterocycles. The Balaban J connectivity index is 1.60. The van der Waals surface area contributed by atoms with Crippen molar-refractivity contribution in [2.24, 2.45) is 0 Å². The molecule has 0 bridgehead atoms. The van der Waals surface area contributed by atoms with Crippen LogP contribution >= 0.6 is 11.8 Å². The Morgan fingerprint density at radius 2 is 2.22 bits per heavy atom. The summed E-state index contributed by atoms with van der Waals surface area (Å²) in [6.07, 6.45) is 5.65. The number of thioether (sulfide) groups is 1. The monoisotopic (exact) mass is 379 g/mol. The number of hydrogen-bond acceptors (Lipinski definition) is 7. The van der Waals surface area contributed by atoms with Crippen molar-refractivity contribution in [3.63, 3.8) is 0 Å². The molecule has 8 nitrogen and oxygen atoms in total. The standard InChI is InChI=1S/C18H17N7OS/c1-2-13(27-17-14-15(22-9-21-14)24-18(19)25-17)16(26)23-12-5-3-4-10-8-20-7-6-11(10)12/h3-9,13H,2H2,1H3,(H,23,26)(H3,19,21,22,24,25)/t13-/m1/s1. The van der Waals surface area contributed by atoms with Crippen molar-refractivity contribution in [2.75, 3.05) is 11.1 Å². The third-order valence-electron chi connectivity index (χ3n) is 4.13. The maximum Gasteiger partial charge on any atom is 0.237 e. The highest BCUT2D eigenvalue weighted by molar-refractivity contribution is 8.00. The van der Waals surface area contributed by atoms with Gasteiger partial charge in [-0.3, -0.25) is 9.78 Å². The zero-order valence-corrected chi connectivity index (χ0v) is 15.3. The lowest BCUT2D eigenvalue weighted by atomic mass is 10.1. The number of nitrogen functional groups attached to an aromatic ring is 1. The van der Waals surface area contributed by atoms with E-state index in [-0.39, 0.29) is 17.1 Å². The smallest absolute Gasteiger partial charge is 0.237 e. The molecule has 0 aliphatic rings. The molecule has 4 rings (SSSR count). The molecule has 4 N–H and O–H groups in total. The van der Waals surface area contributed by atoms with Gasteiger partial charge < -0.3 is 16.0 Å². The number of aromatic amines is 1. The number of fused-ring (bicyclic) bond motifs is 2. The van der Waals surface area contributed by atoms with E-state index in [4.69, 9.17) is 5.73 Å². The van der Waals surface area contributed by atoms with Gasteiger partial charge in [0, 0.05) is 28.9 Å². The number of pyridine rings is 1. The maximum atomic E-state index is 12.9. The highest BCUT2D eigenvalue weighted by atomic mass is 32.2. The highest BCUT2D eigenvalue weighted by Crippen LogP contribution is 2.30. The van der Waals surface area contributed by atoms with E-state index in [1.807, 2.05) is 31.2 Å². The Morgan fingerprint density at radius 1 is 1.33 bits per heavy atom. The molecule has 0 aliphatic heterocycles. The number of carbonyl (C=O) groups excluding carboxylic acids is 1. The molecule has 0 fully saturated rings. The summed E-state index contributed by atoms with van der Waals surface area (Å²) in [5.41, 5.74) is 7.69. The SMILES string of the molecule is CC[C@@H](Sc1nc(N)nc2nc[nH]c12)C(=O)Nc1cccc2cnccc12. The summed E-state index contributed by atoms with van der Waals surface area (Å²) < 4.78 is 0. The second kappa shape index (κ2) is 7.20. The number of amides is 1. The third kappa shape index (κ3) is 3.41. The molecule has 1 amide bonds. The average molecular weight is 379 g/mol. The van der Waals surface area contributed by atoms with Crippen molar-refractivity contribution >= 4 is 51.2 Å². The Bertz CT molecular complexity index is 1120. The van der Waals surface area contributed by atoms with E-state index in [0.717, 1.165) is 16.5 Å². The second-order valence-corrected chi connectivity index (χ2v) is 7.09. The van der Waals surface area contributed by atoms with Crippen LogP contribution in [0.3, 0.4) is 0 Å². The van der Waals surface area contributed by atoms with E-state index in [1.54, 1.807) is 12.4 Å². The van der Waals surface area contributed by atoms with Gasteiger partial charge in [0.25, 0.3) is 0 Å². The lowest BCUT2D eigenvalue weighted by Gasteiger charge is -2.15. The molecule has 1 atom stereocenters. The van der Waals surface area contributed by atoms with Gasteiger partial charge in [-0.1, -0.05) is 30.8 Å². The van der Waals surface area contributed by atoms with Crippen molar-refractivity contribution < 1.29 is 4.79 Å². The summed E-state index contributed by atoms with van der Waals surface area (Å²) >= 11 is 1.34. The van der Waals surface area contributed by atoms with Crippen LogP contribution in [0.15, 0.2) is 48.0 Å². The van der Waals surface area contributed by atoms with Crippen LogP contribution in [0.5, 0.6) is 0 Å². The van der Waals surface area contributed by atoms with Crippen molar-refractivity contribution in [3.05, 3.63) is 43.0 Å². The van der Waals surface area contributed by atoms with Gasteiger partial charge in [-0.05, 0) is 18.6 Å². The lowest BCUT2D eigenvalue weighted by Crippen LogP contribution is -2.25. The molecular weight excluding hydrogens is 362 g/mol. The second-order valence-electron chi connectivity index (χ2n) is 5.89. The van der Waals surface area contributed by atoms with Gasteiger partial charge >= 0.3 is 0 Å². The number of nitrogens with zero attached hydrogens (tertiary/aromatic N) is 4. The molecule has 4 aromatic rings. The Morgan fingerprint density at radius 3 is 3.07 bits per heavy atom. The molecule has 136 valence electrons. The maximum absolute atomic E-state index is 12.9. The molecule has 0 spiro atoms. The van der Waals surface area contributed by atoms with Gasteiger partial charge in [0.05, 0.1) is 11.6 Å². The van der Waals surface area contributed by atoms with Crippen molar-refractivity contribution in [2.45, 2.75) is 23.6 Å². The number of aromatic nitrogens is 5. The normalized spacial score (nSPS) is 12.3. The molecule has 0 radical (unpaired) electrons. The van der Waals surface area contributed by atoms with Gasteiger partial charge in [0.1, 0.15) is 10.5 Å². The predicted molar refractivity (Wildman–Crippen MR) is 106 cm³/mol. The largest absolute Gasteiger partial charge is 0.368 e. The van der Waals surface area contributed by atoms with E-state index in [0.29, 0.717) is 22.6 Å². The summed E-state index contributed by atoms with van der Waals surface area (Å²) in [7, 11) is 0. The number of nitrogens with two attached hydrogens (primary N) is 1. The Labute approximate surface area is 159 Å². The number of H-pyrrole nitrogens is 1. The quantitative estimate of drug-likeness (QED) is 0.360. The number of carbonyl (C=O) groups is 1. The van der Waals surface area contributed by atoms with Gasteiger partial charge in [0.15, 0.2) is 5.65 Å². The van der Waals surface area contributed by atoms with Crippen LogP contribution in [0.2, 0.25) is 0 Å². The number of benzene rings is 1. The van der Waals surface area contributed by atoms with Crippen molar-refractivity contribution in [1.29, 1.82) is 0 Å². The fourth-order valence-corrected chi connectivity index (χ4v) is 3.83. The van der Waals surface area contributed by atoms with Gasteiger partial charge in [-0.25, -0.2) is 9.97 Å². The average Bonchev–Trinajstić information content (AvgIpc) is 3.14. The zero-order chi connectivity index (χ0) is 18.8. The number of anilines is 2. The minimum atomic E-state index is -0.345. The topological polar surface area (TPSA) is 122 Å². The molecule has 3 heterocycles. The van der Waals surface area contributed by atoms with Crippen LogP contribution in [0.25, 0.3) is 21.9 Å². The summed E-state index contributed by atoms with van der Waals surface area (Å²) in [5, 5.41) is 5.21. The molecule has 0 aliphatic carbocycles.